The maximum atomic E-state index is 12.7. The van der Waals surface area contributed by atoms with Gasteiger partial charge < -0.3 is 9.64 Å². The smallest absolute Gasteiger partial charge is 0.410 e. The van der Waals surface area contributed by atoms with E-state index in [-0.39, 0.29) is 12.1 Å². The number of aromatic nitrogens is 2. The molecule has 0 aliphatic carbocycles. The predicted molar refractivity (Wildman–Crippen MR) is 107 cm³/mol. The van der Waals surface area contributed by atoms with Crippen molar-refractivity contribution in [2.45, 2.75) is 46.4 Å². The first kappa shape index (κ1) is 20.8. The number of ether oxygens (including phenoxy) is 1. The average molecular weight is 419 g/mol. The zero-order valence-corrected chi connectivity index (χ0v) is 17.5. The van der Waals surface area contributed by atoms with Crippen molar-refractivity contribution in [3.63, 3.8) is 0 Å². The highest BCUT2D eigenvalue weighted by molar-refractivity contribution is 6.31. The fraction of sp³-hybridized carbons (Fsp3) is 0.421. The Bertz CT molecular complexity index is 979. The fourth-order valence-electron chi connectivity index (χ4n) is 3.09. The van der Waals surface area contributed by atoms with Crippen molar-refractivity contribution in [3.8, 4) is 11.3 Å². The van der Waals surface area contributed by atoms with E-state index in [1.807, 2.05) is 19.1 Å². The summed E-state index contributed by atoms with van der Waals surface area (Å²) in [6.07, 6.45) is -0.457. The monoisotopic (exact) mass is 418 g/mol. The summed E-state index contributed by atoms with van der Waals surface area (Å²) in [5.74, 6) is -0.570. The quantitative estimate of drug-likeness (QED) is 0.580. The van der Waals surface area contributed by atoms with Crippen LogP contribution in [0.4, 0.5) is 4.79 Å². The number of nitrogens with zero attached hydrogens (tertiary/aromatic N) is 4. The van der Waals surface area contributed by atoms with Crippen molar-refractivity contribution in [1.29, 1.82) is 5.53 Å². The molecule has 0 radical (unpaired) electrons. The Hall–Kier alpha value is -2.94. The van der Waals surface area contributed by atoms with Crippen molar-refractivity contribution >= 4 is 23.6 Å². The van der Waals surface area contributed by atoms with E-state index in [4.69, 9.17) is 21.9 Å². The minimum atomic E-state index is -0.622. The van der Waals surface area contributed by atoms with Gasteiger partial charge >= 0.3 is 6.09 Å². The third kappa shape index (κ3) is 4.40. The normalized spacial score (nSPS) is 13.6. The summed E-state index contributed by atoms with van der Waals surface area (Å²) >= 11 is 6.26. The first-order chi connectivity index (χ1) is 13.6. The second-order valence-electron chi connectivity index (χ2n) is 7.81. The number of carbonyl (C=O) groups excluding carboxylic acids is 2. The summed E-state index contributed by atoms with van der Waals surface area (Å²) in [6, 6.07) is 5.42. The molecule has 0 spiro atoms. The van der Waals surface area contributed by atoms with E-state index in [1.54, 1.807) is 31.5 Å². The molecule has 2 aromatic rings. The largest absolute Gasteiger partial charge is 0.444 e. The summed E-state index contributed by atoms with van der Waals surface area (Å²) in [7, 11) is 0. The molecule has 0 saturated carbocycles. The molecule has 0 bridgehead atoms. The van der Waals surface area contributed by atoms with E-state index < -0.39 is 17.6 Å². The SMILES string of the molecule is Cc1ccc(-c2nn3c(c2C(=O)NN=N)CN(C(=O)OC(C)(C)C)CC3)cc1Cl. The zero-order chi connectivity index (χ0) is 21.3. The molecule has 2 amide bonds. The standard InChI is InChI=1S/C19H23ClN6O3/c1-11-5-6-12(9-13(11)20)16-15(17(27)22-24-21)14-10-25(7-8-26(14)23-16)18(28)29-19(2,3)4/h5-6,9H,7-8,10H2,1-4H3,(H2,21,22,27). The molecule has 9 nitrogen and oxygen atoms in total. The average Bonchev–Trinajstić information content (AvgIpc) is 3.01. The van der Waals surface area contributed by atoms with Gasteiger partial charge in [0.1, 0.15) is 11.3 Å². The van der Waals surface area contributed by atoms with Crippen LogP contribution in [0, 0.1) is 12.5 Å². The molecule has 10 heteroatoms. The maximum Gasteiger partial charge on any atom is 0.410 e. The number of halogens is 1. The third-order valence-electron chi connectivity index (χ3n) is 4.46. The molecule has 154 valence electrons. The van der Waals surface area contributed by atoms with E-state index >= 15 is 0 Å². The fourth-order valence-corrected chi connectivity index (χ4v) is 3.27. The van der Waals surface area contributed by atoms with Crippen molar-refractivity contribution in [3.05, 3.63) is 40.0 Å². The number of hydrogen-bond acceptors (Lipinski definition) is 6. The van der Waals surface area contributed by atoms with E-state index in [0.717, 1.165) is 5.56 Å². The Labute approximate surface area is 173 Å². The van der Waals surface area contributed by atoms with E-state index in [1.165, 1.54) is 4.90 Å². The van der Waals surface area contributed by atoms with Gasteiger partial charge in [0, 0.05) is 17.1 Å². The highest BCUT2D eigenvalue weighted by atomic mass is 35.5. The summed E-state index contributed by atoms with van der Waals surface area (Å²) in [4.78, 5) is 26.7. The van der Waals surface area contributed by atoms with Crippen LogP contribution < -0.4 is 5.43 Å². The molecule has 1 aliphatic rings. The van der Waals surface area contributed by atoms with E-state index in [2.05, 4.69) is 15.7 Å². The number of fused-ring (bicyclic) bond motifs is 1. The van der Waals surface area contributed by atoms with Gasteiger partial charge in [-0.15, -0.1) is 0 Å². The third-order valence-corrected chi connectivity index (χ3v) is 4.87. The molecule has 3 rings (SSSR count). The summed E-state index contributed by atoms with van der Waals surface area (Å²) in [6.45, 7) is 8.25. The molecule has 1 aliphatic heterocycles. The van der Waals surface area contributed by atoms with Crippen molar-refractivity contribution in [2.24, 2.45) is 5.22 Å². The minimum absolute atomic E-state index is 0.155. The lowest BCUT2D eigenvalue weighted by Crippen LogP contribution is -2.42. The van der Waals surface area contributed by atoms with Crippen molar-refractivity contribution in [2.75, 3.05) is 6.54 Å². The van der Waals surface area contributed by atoms with Gasteiger partial charge in [-0.25, -0.2) is 10.2 Å². The molecule has 29 heavy (non-hydrogen) atoms. The van der Waals surface area contributed by atoms with Gasteiger partial charge in [0.15, 0.2) is 0 Å². The molecule has 0 atom stereocenters. The maximum absolute atomic E-state index is 12.7. The lowest BCUT2D eigenvalue weighted by atomic mass is 10.0. The second kappa shape index (κ2) is 7.82. The lowest BCUT2D eigenvalue weighted by molar-refractivity contribution is 0.0193. The number of benzene rings is 1. The number of aryl methyl sites for hydroxylation is 1. The Morgan fingerprint density at radius 2 is 2.03 bits per heavy atom. The zero-order valence-electron chi connectivity index (χ0n) is 16.7. The van der Waals surface area contributed by atoms with Crippen LogP contribution in [-0.2, 0) is 17.8 Å². The van der Waals surface area contributed by atoms with Gasteiger partial charge in [-0.3, -0.25) is 9.48 Å². The predicted octanol–water partition coefficient (Wildman–Crippen LogP) is 3.94. The highest BCUT2D eigenvalue weighted by Gasteiger charge is 2.32. The highest BCUT2D eigenvalue weighted by Crippen LogP contribution is 2.31. The van der Waals surface area contributed by atoms with Crippen molar-refractivity contribution in [1.82, 2.24) is 20.1 Å². The molecular formula is C19H23ClN6O3. The number of nitrogens with one attached hydrogen (secondary N) is 2. The van der Waals surface area contributed by atoms with Gasteiger partial charge in [0.25, 0.3) is 5.91 Å². The number of amides is 2. The van der Waals surface area contributed by atoms with Gasteiger partial charge in [-0.1, -0.05) is 29.0 Å². The Morgan fingerprint density at radius 1 is 1.31 bits per heavy atom. The summed E-state index contributed by atoms with van der Waals surface area (Å²) in [5, 5.41) is 8.13. The molecule has 0 fully saturated rings. The first-order valence-corrected chi connectivity index (χ1v) is 9.49. The van der Waals surface area contributed by atoms with Gasteiger partial charge in [-0.05, 0) is 39.3 Å². The topological polar surface area (TPSA) is 113 Å². The molecule has 2 N–H and O–H groups in total. The molecular weight excluding hydrogens is 396 g/mol. The molecule has 0 unspecified atom stereocenters. The van der Waals surface area contributed by atoms with Crippen LogP contribution in [0.1, 0.15) is 42.4 Å². The van der Waals surface area contributed by atoms with E-state index in [0.29, 0.717) is 35.1 Å². The number of carbonyl (C=O) groups is 2. The van der Waals surface area contributed by atoms with Crippen LogP contribution >= 0.6 is 11.6 Å². The molecule has 1 aromatic heterocycles. The molecule has 1 aromatic carbocycles. The van der Waals surface area contributed by atoms with Crippen LogP contribution in [0.3, 0.4) is 0 Å². The van der Waals surface area contributed by atoms with Gasteiger partial charge in [-0.2, -0.15) is 10.6 Å². The Morgan fingerprint density at radius 3 is 2.66 bits per heavy atom. The van der Waals surface area contributed by atoms with Crippen molar-refractivity contribution < 1.29 is 14.3 Å². The number of rotatable bonds is 3. The second-order valence-corrected chi connectivity index (χ2v) is 8.22. The lowest BCUT2D eigenvalue weighted by Gasteiger charge is -2.30. The summed E-state index contributed by atoms with van der Waals surface area (Å²) < 4.78 is 7.15. The van der Waals surface area contributed by atoms with Gasteiger partial charge in [0.2, 0.25) is 0 Å². The summed E-state index contributed by atoms with van der Waals surface area (Å²) in [5.41, 5.74) is 11.3. The Kier molecular flexibility index (Phi) is 5.61. The minimum Gasteiger partial charge on any atom is -0.444 e. The Balaban J connectivity index is 2.03. The van der Waals surface area contributed by atoms with Gasteiger partial charge in [0.05, 0.1) is 24.3 Å². The molecule has 0 saturated heterocycles. The number of hydrogen-bond donors (Lipinski definition) is 2. The van der Waals surface area contributed by atoms with Crippen LogP contribution in [0.5, 0.6) is 0 Å². The van der Waals surface area contributed by atoms with Crippen LogP contribution in [0.25, 0.3) is 11.3 Å². The van der Waals surface area contributed by atoms with Crippen LogP contribution in [-0.4, -0.2) is 38.8 Å². The van der Waals surface area contributed by atoms with Crippen LogP contribution in [0.15, 0.2) is 23.4 Å². The molecule has 2 heterocycles. The van der Waals surface area contributed by atoms with Crippen LogP contribution in [0.2, 0.25) is 5.02 Å². The first-order valence-electron chi connectivity index (χ1n) is 9.11. The van der Waals surface area contributed by atoms with E-state index in [9.17, 15) is 9.59 Å².